The highest BCUT2D eigenvalue weighted by atomic mass is 35.5. The van der Waals surface area contributed by atoms with Crippen LogP contribution in [0.2, 0.25) is 5.02 Å². The molecule has 2 aromatic carbocycles. The number of hydrogen-bond acceptors (Lipinski definition) is 3. The molecule has 0 aromatic heterocycles. The number of hydrogen-bond donors (Lipinski definition) is 1. The molecule has 1 N–H and O–H groups in total. The van der Waals surface area contributed by atoms with Gasteiger partial charge in [-0.05, 0) is 35.9 Å². The van der Waals surface area contributed by atoms with Gasteiger partial charge >= 0.3 is 0 Å². The summed E-state index contributed by atoms with van der Waals surface area (Å²) in [6.07, 6.45) is 1.04. The average molecular weight is 303 g/mol. The summed E-state index contributed by atoms with van der Waals surface area (Å²) < 4.78 is 5.95. The van der Waals surface area contributed by atoms with Crippen molar-refractivity contribution in [2.24, 2.45) is 0 Å². The zero-order valence-electron chi connectivity index (χ0n) is 12.3. The standard InChI is InChI=1S/C17H19ClN2O/c1-20(2)16-6-4-3-5-15(16)19-11-14-10-12-9-13(18)7-8-17(12)21-14/h3-9,14,19H,10-11H2,1-2H3. The van der Waals surface area contributed by atoms with E-state index in [1.54, 1.807) is 0 Å². The first-order valence-corrected chi connectivity index (χ1v) is 7.46. The smallest absolute Gasteiger partial charge is 0.123 e. The van der Waals surface area contributed by atoms with Crippen LogP contribution in [0.3, 0.4) is 0 Å². The van der Waals surface area contributed by atoms with E-state index in [1.165, 1.54) is 11.3 Å². The van der Waals surface area contributed by atoms with E-state index in [0.717, 1.165) is 29.4 Å². The molecular formula is C17H19ClN2O. The highest BCUT2D eigenvalue weighted by Crippen LogP contribution is 2.31. The Hall–Kier alpha value is -1.87. The predicted molar refractivity (Wildman–Crippen MR) is 88.8 cm³/mol. The fourth-order valence-corrected chi connectivity index (χ4v) is 2.83. The molecule has 3 nitrogen and oxygen atoms in total. The Kier molecular flexibility index (Phi) is 3.93. The lowest BCUT2D eigenvalue weighted by Gasteiger charge is -2.20. The Bertz CT molecular complexity index is 642. The molecule has 1 heterocycles. The molecule has 0 aliphatic carbocycles. The minimum absolute atomic E-state index is 0.147. The lowest BCUT2D eigenvalue weighted by molar-refractivity contribution is 0.246. The van der Waals surface area contributed by atoms with Gasteiger partial charge < -0.3 is 15.0 Å². The molecule has 0 saturated heterocycles. The van der Waals surface area contributed by atoms with Crippen LogP contribution in [0.5, 0.6) is 5.75 Å². The van der Waals surface area contributed by atoms with Gasteiger partial charge in [-0.3, -0.25) is 0 Å². The maximum Gasteiger partial charge on any atom is 0.123 e. The van der Waals surface area contributed by atoms with Crippen LogP contribution >= 0.6 is 11.6 Å². The maximum absolute atomic E-state index is 6.02. The first-order chi connectivity index (χ1) is 10.1. The lowest BCUT2D eigenvalue weighted by atomic mass is 10.1. The Morgan fingerprint density at radius 1 is 1.24 bits per heavy atom. The van der Waals surface area contributed by atoms with Gasteiger partial charge in [0.1, 0.15) is 11.9 Å². The summed E-state index contributed by atoms with van der Waals surface area (Å²) in [4.78, 5) is 2.10. The first-order valence-electron chi connectivity index (χ1n) is 7.09. The van der Waals surface area contributed by atoms with Gasteiger partial charge in [-0.2, -0.15) is 0 Å². The fourth-order valence-electron chi connectivity index (χ4n) is 2.64. The van der Waals surface area contributed by atoms with E-state index in [2.05, 4.69) is 22.3 Å². The van der Waals surface area contributed by atoms with Crippen LogP contribution in [0, 0.1) is 0 Å². The molecule has 0 amide bonds. The summed E-state index contributed by atoms with van der Waals surface area (Å²) in [7, 11) is 4.09. The Morgan fingerprint density at radius 3 is 2.86 bits per heavy atom. The zero-order chi connectivity index (χ0) is 14.8. The van der Waals surface area contributed by atoms with Crippen LogP contribution in [0.1, 0.15) is 5.56 Å². The molecule has 0 saturated carbocycles. The molecule has 1 atom stereocenters. The van der Waals surface area contributed by atoms with Crippen LogP contribution in [0.15, 0.2) is 42.5 Å². The van der Waals surface area contributed by atoms with E-state index in [-0.39, 0.29) is 6.10 Å². The molecule has 2 aromatic rings. The third kappa shape index (κ3) is 3.08. The molecule has 1 aliphatic rings. The number of nitrogens with one attached hydrogen (secondary N) is 1. The van der Waals surface area contributed by atoms with E-state index < -0.39 is 0 Å². The topological polar surface area (TPSA) is 24.5 Å². The van der Waals surface area contributed by atoms with Crippen LogP contribution in [0.4, 0.5) is 11.4 Å². The molecule has 4 heteroatoms. The fraction of sp³-hybridized carbons (Fsp3) is 0.294. The van der Waals surface area contributed by atoms with Crippen molar-refractivity contribution in [3.63, 3.8) is 0 Å². The van der Waals surface area contributed by atoms with Gasteiger partial charge in [-0.15, -0.1) is 0 Å². The number of para-hydroxylation sites is 2. The molecule has 21 heavy (non-hydrogen) atoms. The van der Waals surface area contributed by atoms with E-state index in [9.17, 15) is 0 Å². The molecular weight excluding hydrogens is 284 g/mol. The van der Waals surface area contributed by atoms with Crippen LogP contribution in [-0.2, 0) is 6.42 Å². The number of halogens is 1. The Balaban J connectivity index is 1.65. The third-order valence-electron chi connectivity index (χ3n) is 3.67. The quantitative estimate of drug-likeness (QED) is 0.929. The highest BCUT2D eigenvalue weighted by Gasteiger charge is 2.23. The molecule has 0 radical (unpaired) electrons. The van der Waals surface area contributed by atoms with Gasteiger partial charge in [0.2, 0.25) is 0 Å². The molecule has 0 fully saturated rings. The normalized spacial score (nSPS) is 16.2. The summed E-state index contributed by atoms with van der Waals surface area (Å²) in [6.45, 7) is 0.775. The van der Waals surface area contributed by atoms with Gasteiger partial charge in [0.25, 0.3) is 0 Å². The van der Waals surface area contributed by atoms with Crippen molar-refractivity contribution < 1.29 is 4.74 Å². The first kappa shape index (κ1) is 14.1. The largest absolute Gasteiger partial charge is 0.488 e. The minimum atomic E-state index is 0.147. The summed E-state index contributed by atoms with van der Waals surface area (Å²) >= 11 is 6.02. The van der Waals surface area contributed by atoms with E-state index in [4.69, 9.17) is 16.3 Å². The summed E-state index contributed by atoms with van der Waals surface area (Å²) in [6, 6.07) is 14.1. The number of benzene rings is 2. The molecule has 110 valence electrons. The van der Waals surface area contributed by atoms with Crippen molar-refractivity contribution in [2.75, 3.05) is 30.9 Å². The predicted octanol–water partition coefficient (Wildman–Crippen LogP) is 3.82. The number of fused-ring (bicyclic) bond motifs is 1. The van der Waals surface area contributed by atoms with E-state index in [1.807, 2.05) is 44.4 Å². The monoisotopic (exact) mass is 302 g/mol. The van der Waals surface area contributed by atoms with Crippen molar-refractivity contribution in [3.05, 3.63) is 53.1 Å². The SMILES string of the molecule is CN(C)c1ccccc1NCC1Cc2cc(Cl)ccc2O1. The van der Waals surface area contributed by atoms with Gasteiger partial charge in [-0.1, -0.05) is 23.7 Å². The minimum Gasteiger partial charge on any atom is -0.488 e. The Morgan fingerprint density at radius 2 is 2.05 bits per heavy atom. The Labute approximate surface area is 130 Å². The van der Waals surface area contributed by atoms with Crippen molar-refractivity contribution >= 4 is 23.0 Å². The zero-order valence-corrected chi connectivity index (χ0v) is 13.0. The number of anilines is 2. The van der Waals surface area contributed by atoms with E-state index >= 15 is 0 Å². The van der Waals surface area contributed by atoms with Crippen molar-refractivity contribution in [1.82, 2.24) is 0 Å². The lowest BCUT2D eigenvalue weighted by Crippen LogP contribution is -2.24. The summed E-state index contributed by atoms with van der Waals surface area (Å²) in [5, 5.41) is 4.25. The van der Waals surface area contributed by atoms with E-state index in [0.29, 0.717) is 0 Å². The number of rotatable bonds is 4. The van der Waals surface area contributed by atoms with Crippen LogP contribution in [0.25, 0.3) is 0 Å². The second kappa shape index (κ2) is 5.86. The third-order valence-corrected chi connectivity index (χ3v) is 3.90. The van der Waals surface area contributed by atoms with Gasteiger partial charge in [-0.25, -0.2) is 0 Å². The summed E-state index contributed by atoms with van der Waals surface area (Å²) in [5.74, 6) is 0.951. The molecule has 0 spiro atoms. The summed E-state index contributed by atoms with van der Waals surface area (Å²) in [5.41, 5.74) is 3.49. The van der Waals surface area contributed by atoms with Gasteiger partial charge in [0, 0.05) is 25.5 Å². The van der Waals surface area contributed by atoms with Crippen molar-refractivity contribution in [1.29, 1.82) is 0 Å². The number of ether oxygens (including phenoxy) is 1. The second-order valence-electron chi connectivity index (χ2n) is 5.49. The highest BCUT2D eigenvalue weighted by molar-refractivity contribution is 6.30. The number of nitrogens with zero attached hydrogens (tertiary/aromatic N) is 1. The maximum atomic E-state index is 6.02. The second-order valence-corrected chi connectivity index (χ2v) is 5.92. The average Bonchev–Trinajstić information content (AvgIpc) is 2.87. The molecule has 1 unspecified atom stereocenters. The van der Waals surface area contributed by atoms with Crippen LogP contribution in [-0.4, -0.2) is 26.7 Å². The molecule has 0 bridgehead atoms. The molecule has 3 rings (SSSR count). The molecule has 1 aliphatic heterocycles. The van der Waals surface area contributed by atoms with Gasteiger partial charge in [0.05, 0.1) is 17.9 Å². The van der Waals surface area contributed by atoms with Crippen molar-refractivity contribution in [2.45, 2.75) is 12.5 Å². The van der Waals surface area contributed by atoms with Crippen molar-refractivity contribution in [3.8, 4) is 5.75 Å². The van der Waals surface area contributed by atoms with Gasteiger partial charge in [0.15, 0.2) is 0 Å². The van der Waals surface area contributed by atoms with Crippen LogP contribution < -0.4 is 15.0 Å².